The third-order valence-corrected chi connectivity index (χ3v) is 3.99. The maximum absolute atomic E-state index is 12.7. The van der Waals surface area contributed by atoms with Crippen LogP contribution < -0.4 is 11.3 Å². The first-order valence-corrected chi connectivity index (χ1v) is 7.14. The molecule has 108 valence electrons. The molecule has 1 aliphatic carbocycles. The molecule has 1 amide bonds. The lowest BCUT2D eigenvalue weighted by Gasteiger charge is -2.16. The molecule has 0 aromatic carbocycles. The average molecular weight is 283 g/mol. The molecule has 0 radical (unpaired) electrons. The first kappa shape index (κ1) is 13.5. The summed E-state index contributed by atoms with van der Waals surface area (Å²) in [5, 5.41) is 0. The van der Waals surface area contributed by atoms with E-state index in [0.717, 1.165) is 25.7 Å². The van der Waals surface area contributed by atoms with Gasteiger partial charge in [-0.15, -0.1) is 0 Å². The fourth-order valence-electron chi connectivity index (χ4n) is 2.90. The van der Waals surface area contributed by atoms with Crippen LogP contribution in [0.5, 0.6) is 0 Å². The molecule has 0 atom stereocenters. The fourth-order valence-corrected chi connectivity index (χ4v) is 2.90. The zero-order valence-electron chi connectivity index (χ0n) is 11.7. The molecular weight excluding hydrogens is 266 g/mol. The van der Waals surface area contributed by atoms with Gasteiger partial charge in [-0.1, -0.05) is 18.9 Å². The number of carbonyl (C=O) groups is 1. The first-order chi connectivity index (χ1) is 10.2. The molecule has 2 heterocycles. The van der Waals surface area contributed by atoms with Crippen molar-refractivity contribution in [2.75, 3.05) is 0 Å². The van der Waals surface area contributed by atoms with Gasteiger partial charge in [-0.2, -0.15) is 0 Å². The number of nitrogens with zero attached hydrogens (tertiary/aromatic N) is 2. The van der Waals surface area contributed by atoms with Crippen LogP contribution >= 0.6 is 0 Å². The Hall–Kier alpha value is -2.43. The van der Waals surface area contributed by atoms with E-state index in [2.05, 4.69) is 4.98 Å². The van der Waals surface area contributed by atoms with Crippen molar-refractivity contribution in [1.82, 2.24) is 9.55 Å². The van der Waals surface area contributed by atoms with E-state index in [1.54, 1.807) is 35.2 Å². The largest absolute Gasteiger partial charge is 0.366 e. The number of carbonyl (C=O) groups excluding carboxylic acids is 1. The summed E-state index contributed by atoms with van der Waals surface area (Å²) in [6.07, 6.45) is 7.36. The predicted octanol–water partition coefficient (Wildman–Crippen LogP) is 2.12. The molecule has 1 saturated carbocycles. The Morgan fingerprint density at radius 1 is 1.29 bits per heavy atom. The minimum atomic E-state index is -0.529. The van der Waals surface area contributed by atoms with E-state index in [1.165, 1.54) is 0 Å². The summed E-state index contributed by atoms with van der Waals surface area (Å²) in [5.74, 6) is -0.529. The molecule has 0 aliphatic heterocycles. The van der Waals surface area contributed by atoms with Gasteiger partial charge in [0.1, 0.15) is 0 Å². The molecule has 0 bridgehead atoms. The van der Waals surface area contributed by atoms with Crippen molar-refractivity contribution in [1.29, 1.82) is 0 Å². The SMILES string of the molecule is NC(=O)c1cc(-c2ccccn2)c(=O)n(C2CCCC2)c1. The molecule has 0 unspecified atom stereocenters. The average Bonchev–Trinajstić information content (AvgIpc) is 3.02. The highest BCUT2D eigenvalue weighted by molar-refractivity contribution is 5.93. The smallest absolute Gasteiger partial charge is 0.260 e. The summed E-state index contributed by atoms with van der Waals surface area (Å²) in [6.45, 7) is 0. The number of nitrogens with two attached hydrogens (primary N) is 1. The standard InChI is InChI=1S/C16H17N3O2/c17-15(20)11-9-13(14-7-3-4-8-18-14)16(21)19(10-11)12-5-1-2-6-12/h3-4,7-10,12H,1-2,5-6H2,(H2,17,20). The highest BCUT2D eigenvalue weighted by atomic mass is 16.1. The maximum Gasteiger partial charge on any atom is 0.260 e. The van der Waals surface area contributed by atoms with Gasteiger partial charge in [0, 0.05) is 18.4 Å². The maximum atomic E-state index is 12.7. The van der Waals surface area contributed by atoms with Crippen LogP contribution in [0.4, 0.5) is 0 Å². The van der Waals surface area contributed by atoms with Crippen LogP contribution in [0.25, 0.3) is 11.3 Å². The lowest BCUT2D eigenvalue weighted by atomic mass is 10.1. The van der Waals surface area contributed by atoms with Crippen molar-refractivity contribution in [2.24, 2.45) is 5.73 Å². The number of rotatable bonds is 3. The normalized spacial score (nSPS) is 15.2. The summed E-state index contributed by atoms with van der Waals surface area (Å²) < 4.78 is 1.66. The Morgan fingerprint density at radius 2 is 2.05 bits per heavy atom. The minimum Gasteiger partial charge on any atom is -0.366 e. The Kier molecular flexibility index (Phi) is 3.56. The summed E-state index contributed by atoms with van der Waals surface area (Å²) in [6, 6.07) is 7.06. The molecule has 21 heavy (non-hydrogen) atoms. The molecule has 0 spiro atoms. The second kappa shape index (κ2) is 5.52. The lowest BCUT2D eigenvalue weighted by Crippen LogP contribution is -2.27. The number of amides is 1. The van der Waals surface area contributed by atoms with Crippen molar-refractivity contribution in [3.8, 4) is 11.3 Å². The molecule has 0 saturated heterocycles. The van der Waals surface area contributed by atoms with Crippen LogP contribution in [0.1, 0.15) is 42.1 Å². The minimum absolute atomic E-state index is 0.106. The van der Waals surface area contributed by atoms with Crippen LogP contribution in [0.2, 0.25) is 0 Å². The third-order valence-electron chi connectivity index (χ3n) is 3.99. The number of primary amides is 1. The van der Waals surface area contributed by atoms with Crippen molar-refractivity contribution in [2.45, 2.75) is 31.7 Å². The van der Waals surface area contributed by atoms with Gasteiger partial charge in [0.05, 0.1) is 16.8 Å². The summed E-state index contributed by atoms with van der Waals surface area (Å²) in [4.78, 5) is 28.5. The molecule has 5 nitrogen and oxygen atoms in total. The Labute approximate surface area is 122 Å². The summed E-state index contributed by atoms with van der Waals surface area (Å²) in [7, 11) is 0. The third kappa shape index (κ3) is 2.59. The highest BCUT2D eigenvalue weighted by Gasteiger charge is 2.21. The van der Waals surface area contributed by atoms with Crippen molar-refractivity contribution < 1.29 is 4.79 Å². The van der Waals surface area contributed by atoms with Crippen LogP contribution in [-0.4, -0.2) is 15.5 Å². The zero-order valence-corrected chi connectivity index (χ0v) is 11.7. The van der Waals surface area contributed by atoms with Gasteiger partial charge < -0.3 is 10.3 Å². The van der Waals surface area contributed by atoms with E-state index in [1.807, 2.05) is 6.07 Å². The van der Waals surface area contributed by atoms with Gasteiger partial charge >= 0.3 is 0 Å². The Morgan fingerprint density at radius 3 is 2.67 bits per heavy atom. The van der Waals surface area contributed by atoms with Crippen LogP contribution in [0, 0.1) is 0 Å². The van der Waals surface area contributed by atoms with Crippen molar-refractivity contribution in [3.63, 3.8) is 0 Å². The van der Waals surface area contributed by atoms with E-state index >= 15 is 0 Å². The molecule has 2 N–H and O–H groups in total. The number of pyridine rings is 2. The van der Waals surface area contributed by atoms with Gasteiger partial charge in [0.15, 0.2) is 0 Å². The molecule has 2 aromatic rings. The summed E-state index contributed by atoms with van der Waals surface area (Å²) >= 11 is 0. The lowest BCUT2D eigenvalue weighted by molar-refractivity contribution is 0.0999. The molecule has 1 aliphatic rings. The van der Waals surface area contributed by atoms with E-state index in [9.17, 15) is 9.59 Å². The van der Waals surface area contributed by atoms with E-state index < -0.39 is 5.91 Å². The number of hydrogen-bond acceptors (Lipinski definition) is 3. The first-order valence-electron chi connectivity index (χ1n) is 7.14. The Balaban J connectivity index is 2.19. The second-order valence-corrected chi connectivity index (χ2v) is 5.37. The molecule has 1 fully saturated rings. The molecule has 2 aromatic heterocycles. The van der Waals surface area contributed by atoms with Gasteiger partial charge in [-0.05, 0) is 31.0 Å². The van der Waals surface area contributed by atoms with Crippen LogP contribution in [0.15, 0.2) is 41.5 Å². The van der Waals surface area contributed by atoms with Gasteiger partial charge in [0.2, 0.25) is 5.91 Å². The van der Waals surface area contributed by atoms with E-state index in [0.29, 0.717) is 16.8 Å². The topological polar surface area (TPSA) is 78.0 Å². The second-order valence-electron chi connectivity index (χ2n) is 5.37. The van der Waals surface area contributed by atoms with Gasteiger partial charge in [0.25, 0.3) is 5.56 Å². The van der Waals surface area contributed by atoms with Crippen LogP contribution in [-0.2, 0) is 0 Å². The number of hydrogen-bond donors (Lipinski definition) is 1. The molecule has 5 heteroatoms. The quantitative estimate of drug-likeness (QED) is 0.937. The van der Waals surface area contributed by atoms with Gasteiger partial charge in [-0.3, -0.25) is 14.6 Å². The monoisotopic (exact) mass is 283 g/mol. The zero-order chi connectivity index (χ0) is 14.8. The number of aromatic nitrogens is 2. The Bertz CT molecular complexity index is 716. The van der Waals surface area contributed by atoms with Crippen molar-refractivity contribution in [3.05, 3.63) is 52.6 Å². The highest BCUT2D eigenvalue weighted by Crippen LogP contribution is 2.29. The van der Waals surface area contributed by atoms with E-state index in [-0.39, 0.29) is 11.6 Å². The van der Waals surface area contributed by atoms with Crippen LogP contribution in [0.3, 0.4) is 0 Å². The fraction of sp³-hybridized carbons (Fsp3) is 0.312. The molecular formula is C16H17N3O2. The van der Waals surface area contributed by atoms with E-state index in [4.69, 9.17) is 5.73 Å². The predicted molar refractivity (Wildman–Crippen MR) is 80.0 cm³/mol. The van der Waals surface area contributed by atoms with Gasteiger partial charge in [-0.25, -0.2) is 0 Å². The molecule has 3 rings (SSSR count). The summed E-state index contributed by atoms with van der Waals surface area (Å²) in [5.41, 5.74) is 6.64. The van der Waals surface area contributed by atoms with Crippen molar-refractivity contribution >= 4 is 5.91 Å².